The molecule has 0 radical (unpaired) electrons. The van der Waals surface area contributed by atoms with Crippen LogP contribution in [0.4, 0.5) is 10.5 Å². The first kappa shape index (κ1) is 24.4. The summed E-state index contributed by atoms with van der Waals surface area (Å²) in [5.41, 5.74) is 3.03. The molecule has 0 aliphatic carbocycles. The number of aryl methyl sites for hydroxylation is 1. The molecule has 34 heavy (non-hydrogen) atoms. The molecule has 2 aliphatic heterocycles. The summed E-state index contributed by atoms with van der Waals surface area (Å²) >= 11 is 6.01. The number of benzene rings is 1. The molecule has 0 atom stereocenters. The number of hydrogen-bond acceptors (Lipinski definition) is 5. The number of urea groups is 1. The lowest BCUT2D eigenvalue weighted by Crippen LogP contribution is -2.42. The highest BCUT2D eigenvalue weighted by atomic mass is 35.5. The molecule has 2 saturated heterocycles. The highest BCUT2D eigenvalue weighted by molar-refractivity contribution is 6.30. The first-order chi connectivity index (χ1) is 16.5. The number of anilines is 1. The summed E-state index contributed by atoms with van der Waals surface area (Å²) in [6, 6.07) is 10.7. The Morgan fingerprint density at radius 3 is 2.62 bits per heavy atom. The van der Waals surface area contributed by atoms with E-state index in [9.17, 15) is 9.59 Å². The maximum atomic E-state index is 13.0. The van der Waals surface area contributed by atoms with Crippen molar-refractivity contribution in [3.05, 3.63) is 58.4 Å². The van der Waals surface area contributed by atoms with Crippen LogP contribution in [0.1, 0.15) is 40.5 Å². The lowest BCUT2D eigenvalue weighted by atomic mass is 9.90. The number of nitrogens with one attached hydrogen (secondary N) is 2. The third kappa shape index (κ3) is 6.46. The van der Waals surface area contributed by atoms with Gasteiger partial charge in [-0.05, 0) is 50.1 Å². The monoisotopic (exact) mass is 485 g/mol. The number of likely N-dealkylation sites (tertiary alicyclic amines) is 1. The van der Waals surface area contributed by atoms with E-state index in [-0.39, 0.29) is 17.9 Å². The Labute approximate surface area is 205 Å². The number of hydrogen-bond donors (Lipinski definition) is 2. The van der Waals surface area contributed by atoms with Crippen molar-refractivity contribution >= 4 is 29.2 Å². The van der Waals surface area contributed by atoms with Gasteiger partial charge in [-0.15, -0.1) is 0 Å². The molecule has 3 amide bonds. The lowest BCUT2D eigenvalue weighted by Gasteiger charge is -2.32. The van der Waals surface area contributed by atoms with Gasteiger partial charge >= 0.3 is 6.03 Å². The summed E-state index contributed by atoms with van der Waals surface area (Å²) in [4.78, 5) is 34.5. The molecule has 0 bridgehead atoms. The summed E-state index contributed by atoms with van der Waals surface area (Å²) in [5, 5.41) is 6.55. The van der Waals surface area contributed by atoms with Crippen LogP contribution in [0.3, 0.4) is 0 Å². The summed E-state index contributed by atoms with van der Waals surface area (Å²) in [7, 11) is 0. The van der Waals surface area contributed by atoms with Crippen molar-refractivity contribution in [2.24, 2.45) is 0 Å². The molecular formula is C25H32ClN5O3. The number of halogens is 1. The van der Waals surface area contributed by atoms with E-state index in [1.54, 1.807) is 23.1 Å². The van der Waals surface area contributed by atoms with Crippen LogP contribution >= 0.6 is 11.6 Å². The van der Waals surface area contributed by atoms with Gasteiger partial charge in [0, 0.05) is 61.6 Å². The molecule has 9 heteroatoms. The number of aromatic nitrogens is 1. The van der Waals surface area contributed by atoms with Crippen LogP contribution in [0.15, 0.2) is 36.4 Å². The largest absolute Gasteiger partial charge is 0.379 e. The van der Waals surface area contributed by atoms with Gasteiger partial charge in [-0.2, -0.15) is 0 Å². The first-order valence-corrected chi connectivity index (χ1v) is 12.2. The summed E-state index contributed by atoms with van der Waals surface area (Å²) < 4.78 is 5.38. The number of carbonyl (C=O) groups is 2. The molecule has 1 aromatic heterocycles. The van der Waals surface area contributed by atoms with Crippen LogP contribution in [-0.4, -0.2) is 79.2 Å². The van der Waals surface area contributed by atoms with Gasteiger partial charge in [-0.3, -0.25) is 14.7 Å². The Kier molecular flexibility index (Phi) is 8.37. The van der Waals surface area contributed by atoms with E-state index >= 15 is 0 Å². The molecule has 3 heterocycles. The molecule has 0 unspecified atom stereocenters. The smallest absolute Gasteiger partial charge is 0.321 e. The molecular weight excluding hydrogens is 454 g/mol. The molecule has 8 nitrogen and oxygen atoms in total. The van der Waals surface area contributed by atoms with Gasteiger partial charge in [0.05, 0.1) is 24.5 Å². The zero-order valence-corrected chi connectivity index (χ0v) is 20.3. The van der Waals surface area contributed by atoms with Crippen LogP contribution in [0.2, 0.25) is 5.02 Å². The fourth-order valence-electron chi connectivity index (χ4n) is 4.45. The number of nitrogens with zero attached hydrogens (tertiary/aromatic N) is 3. The number of carbonyl (C=O) groups excluding carboxylic acids is 2. The van der Waals surface area contributed by atoms with Gasteiger partial charge in [-0.25, -0.2) is 4.79 Å². The Hall–Kier alpha value is -2.68. The fraction of sp³-hybridized carbons (Fsp3) is 0.480. The van der Waals surface area contributed by atoms with E-state index in [0.29, 0.717) is 35.9 Å². The van der Waals surface area contributed by atoms with Crippen LogP contribution in [-0.2, 0) is 4.74 Å². The topological polar surface area (TPSA) is 86.8 Å². The molecule has 2 N–H and O–H groups in total. The molecule has 2 aliphatic rings. The van der Waals surface area contributed by atoms with Crippen molar-refractivity contribution in [2.75, 3.05) is 57.8 Å². The highest BCUT2D eigenvalue weighted by Crippen LogP contribution is 2.30. The second kappa shape index (κ2) is 11.6. The Morgan fingerprint density at radius 2 is 1.88 bits per heavy atom. The van der Waals surface area contributed by atoms with Crippen LogP contribution in [0.25, 0.3) is 0 Å². The van der Waals surface area contributed by atoms with Crippen molar-refractivity contribution in [2.45, 2.75) is 25.7 Å². The first-order valence-electron chi connectivity index (χ1n) is 11.9. The van der Waals surface area contributed by atoms with Gasteiger partial charge in [0.2, 0.25) is 0 Å². The molecule has 4 rings (SSSR count). The summed E-state index contributed by atoms with van der Waals surface area (Å²) in [6.45, 7) is 7.84. The minimum Gasteiger partial charge on any atom is -0.379 e. The minimum atomic E-state index is -0.140. The van der Waals surface area contributed by atoms with Gasteiger partial charge in [0.1, 0.15) is 0 Å². The van der Waals surface area contributed by atoms with Crippen LogP contribution < -0.4 is 10.6 Å². The number of pyridine rings is 1. The predicted molar refractivity (Wildman–Crippen MR) is 133 cm³/mol. The van der Waals surface area contributed by atoms with Crippen molar-refractivity contribution in [1.29, 1.82) is 0 Å². The number of amides is 3. The maximum absolute atomic E-state index is 13.0. The zero-order valence-electron chi connectivity index (χ0n) is 19.6. The molecule has 1 aromatic carbocycles. The van der Waals surface area contributed by atoms with E-state index in [1.165, 1.54) is 0 Å². The second-order valence-electron chi connectivity index (χ2n) is 8.80. The number of morpholine rings is 1. The number of piperidine rings is 1. The van der Waals surface area contributed by atoms with Gasteiger partial charge in [0.15, 0.2) is 0 Å². The second-order valence-corrected chi connectivity index (χ2v) is 9.23. The summed E-state index contributed by atoms with van der Waals surface area (Å²) in [5.74, 6) is 0.0481. The molecule has 2 fully saturated rings. The Bertz CT molecular complexity index is 1000. The standard InChI is InChI=1S/C25H32ClN5O3/c1-18-5-6-22(24(32)27-9-12-30-13-15-34-16-14-30)23(28-18)19-7-10-31(11-8-19)25(33)29-21-4-2-3-20(26)17-21/h2-6,17,19H,7-16H2,1H3,(H,27,32)(H,29,33). The predicted octanol–water partition coefficient (Wildman–Crippen LogP) is 3.52. The average Bonchev–Trinajstić information content (AvgIpc) is 2.84. The normalized spacial score (nSPS) is 17.4. The minimum absolute atomic E-state index is 0.0862. The summed E-state index contributed by atoms with van der Waals surface area (Å²) in [6.07, 6.45) is 1.51. The average molecular weight is 486 g/mol. The third-order valence-corrected chi connectivity index (χ3v) is 6.61. The number of ether oxygens (including phenoxy) is 1. The Morgan fingerprint density at radius 1 is 1.12 bits per heavy atom. The highest BCUT2D eigenvalue weighted by Gasteiger charge is 2.28. The molecule has 2 aromatic rings. The van der Waals surface area contributed by atoms with E-state index in [1.807, 2.05) is 25.1 Å². The van der Waals surface area contributed by atoms with E-state index < -0.39 is 0 Å². The molecule has 0 spiro atoms. The molecule has 182 valence electrons. The SMILES string of the molecule is Cc1ccc(C(=O)NCCN2CCOCC2)c(C2CCN(C(=O)Nc3cccc(Cl)c3)CC2)n1. The van der Waals surface area contributed by atoms with Crippen molar-refractivity contribution < 1.29 is 14.3 Å². The number of rotatable bonds is 6. The fourth-order valence-corrected chi connectivity index (χ4v) is 4.64. The van der Waals surface area contributed by atoms with Gasteiger partial charge < -0.3 is 20.3 Å². The van der Waals surface area contributed by atoms with Crippen molar-refractivity contribution in [3.8, 4) is 0 Å². The van der Waals surface area contributed by atoms with E-state index in [2.05, 4.69) is 15.5 Å². The molecule has 0 saturated carbocycles. The third-order valence-electron chi connectivity index (χ3n) is 6.37. The Balaban J connectivity index is 1.33. The lowest BCUT2D eigenvalue weighted by molar-refractivity contribution is 0.0383. The van der Waals surface area contributed by atoms with Crippen LogP contribution in [0.5, 0.6) is 0 Å². The van der Waals surface area contributed by atoms with Crippen molar-refractivity contribution in [1.82, 2.24) is 20.1 Å². The van der Waals surface area contributed by atoms with Crippen LogP contribution in [0, 0.1) is 6.92 Å². The van der Waals surface area contributed by atoms with E-state index in [4.69, 9.17) is 21.3 Å². The van der Waals surface area contributed by atoms with Gasteiger partial charge in [-0.1, -0.05) is 17.7 Å². The quantitative estimate of drug-likeness (QED) is 0.653. The van der Waals surface area contributed by atoms with E-state index in [0.717, 1.165) is 57.1 Å². The zero-order chi connectivity index (χ0) is 23.9. The van der Waals surface area contributed by atoms with Crippen molar-refractivity contribution in [3.63, 3.8) is 0 Å². The van der Waals surface area contributed by atoms with Gasteiger partial charge in [0.25, 0.3) is 5.91 Å². The maximum Gasteiger partial charge on any atom is 0.321 e.